The Kier molecular flexibility index (Phi) is 6.95. The van der Waals surface area contributed by atoms with Crippen LogP contribution in [0.5, 0.6) is 0 Å². The number of benzene rings is 1. The van der Waals surface area contributed by atoms with Crippen molar-refractivity contribution in [2.75, 3.05) is 19.7 Å². The summed E-state index contributed by atoms with van der Waals surface area (Å²) in [5, 5.41) is 0.761. The van der Waals surface area contributed by atoms with Crippen LogP contribution in [0.15, 0.2) is 34.2 Å². The van der Waals surface area contributed by atoms with Crippen molar-refractivity contribution in [2.45, 2.75) is 50.6 Å². The minimum atomic E-state index is -0.375. The van der Waals surface area contributed by atoms with E-state index in [1.54, 1.807) is 22.5 Å². The van der Waals surface area contributed by atoms with Crippen LogP contribution in [-0.2, 0) is 20.9 Å². The number of rotatable bonds is 6. The van der Waals surface area contributed by atoms with Crippen molar-refractivity contribution in [3.8, 4) is 0 Å². The lowest BCUT2D eigenvalue weighted by atomic mass is 9.97. The van der Waals surface area contributed by atoms with Crippen LogP contribution in [0, 0.1) is 5.92 Å². The standard InChI is InChI=1S/C21H27N3O4S/c1-4-24-19(26)16-8-6-7-9-17(16)22-21(24)29-14(3)18(25)23-12-10-15(11-13-23)20(27)28-5-2/h6-9,14-15H,4-5,10-13H2,1-3H3/t14-/m1/s1. The highest BCUT2D eigenvalue weighted by molar-refractivity contribution is 8.00. The number of ether oxygens (including phenoxy) is 1. The number of piperidine rings is 1. The zero-order valence-electron chi connectivity index (χ0n) is 17.1. The van der Waals surface area contributed by atoms with Crippen molar-refractivity contribution in [2.24, 2.45) is 5.92 Å². The molecule has 0 bridgehead atoms. The first-order valence-electron chi connectivity index (χ1n) is 10.1. The molecule has 1 saturated heterocycles. The normalized spacial score (nSPS) is 16.0. The molecule has 3 rings (SSSR count). The molecule has 0 radical (unpaired) electrons. The minimum Gasteiger partial charge on any atom is -0.466 e. The van der Waals surface area contributed by atoms with E-state index in [-0.39, 0.29) is 28.6 Å². The molecule has 0 saturated carbocycles. The van der Waals surface area contributed by atoms with Gasteiger partial charge in [-0.2, -0.15) is 0 Å². The smallest absolute Gasteiger partial charge is 0.309 e. The summed E-state index contributed by atoms with van der Waals surface area (Å²) in [6.45, 7) is 7.48. The maximum atomic E-state index is 12.9. The Balaban J connectivity index is 1.70. The Morgan fingerprint density at radius 2 is 1.93 bits per heavy atom. The third kappa shape index (κ3) is 4.63. The zero-order valence-corrected chi connectivity index (χ0v) is 17.9. The molecule has 7 nitrogen and oxygen atoms in total. The van der Waals surface area contributed by atoms with E-state index in [1.807, 2.05) is 32.0 Å². The summed E-state index contributed by atoms with van der Waals surface area (Å²) in [7, 11) is 0. The minimum absolute atomic E-state index is 0.00219. The number of likely N-dealkylation sites (tertiary alicyclic amines) is 1. The lowest BCUT2D eigenvalue weighted by Gasteiger charge is -2.32. The van der Waals surface area contributed by atoms with Gasteiger partial charge in [-0.1, -0.05) is 23.9 Å². The molecule has 156 valence electrons. The number of carbonyl (C=O) groups excluding carboxylic acids is 2. The third-order valence-corrected chi connectivity index (χ3v) is 6.28. The average molecular weight is 418 g/mol. The monoisotopic (exact) mass is 417 g/mol. The average Bonchev–Trinajstić information content (AvgIpc) is 2.74. The van der Waals surface area contributed by atoms with Gasteiger partial charge in [-0.15, -0.1) is 0 Å². The summed E-state index contributed by atoms with van der Waals surface area (Å²) in [4.78, 5) is 44.0. The number of aromatic nitrogens is 2. The summed E-state index contributed by atoms with van der Waals surface area (Å²) < 4.78 is 6.70. The van der Waals surface area contributed by atoms with Crippen molar-refractivity contribution in [3.05, 3.63) is 34.6 Å². The molecule has 1 aromatic heterocycles. The number of nitrogens with zero attached hydrogens (tertiary/aromatic N) is 3. The Morgan fingerprint density at radius 3 is 2.59 bits per heavy atom. The number of carbonyl (C=O) groups is 2. The molecule has 0 aliphatic carbocycles. The summed E-state index contributed by atoms with van der Waals surface area (Å²) in [5.41, 5.74) is 0.551. The van der Waals surface area contributed by atoms with Crippen molar-refractivity contribution in [1.82, 2.24) is 14.5 Å². The maximum Gasteiger partial charge on any atom is 0.309 e. The number of amides is 1. The fraction of sp³-hybridized carbons (Fsp3) is 0.524. The van der Waals surface area contributed by atoms with Gasteiger partial charge in [0.25, 0.3) is 5.56 Å². The Hall–Kier alpha value is -2.35. The van der Waals surface area contributed by atoms with Gasteiger partial charge in [0.15, 0.2) is 5.16 Å². The van der Waals surface area contributed by atoms with E-state index in [1.165, 1.54) is 11.8 Å². The first-order chi connectivity index (χ1) is 14.0. The fourth-order valence-corrected chi connectivity index (χ4v) is 4.63. The molecule has 0 N–H and O–H groups in total. The van der Waals surface area contributed by atoms with Crippen LogP contribution in [0.4, 0.5) is 0 Å². The highest BCUT2D eigenvalue weighted by atomic mass is 32.2. The van der Waals surface area contributed by atoms with Crippen LogP contribution in [0.25, 0.3) is 10.9 Å². The van der Waals surface area contributed by atoms with Crippen LogP contribution in [0.1, 0.15) is 33.6 Å². The molecule has 1 aliphatic heterocycles. The van der Waals surface area contributed by atoms with E-state index in [0.29, 0.717) is 55.1 Å². The van der Waals surface area contributed by atoms with Crippen LogP contribution >= 0.6 is 11.8 Å². The van der Waals surface area contributed by atoms with E-state index >= 15 is 0 Å². The van der Waals surface area contributed by atoms with Gasteiger partial charge in [0.1, 0.15) is 0 Å². The summed E-state index contributed by atoms with van der Waals surface area (Å²) in [6.07, 6.45) is 1.24. The predicted octanol–water partition coefficient (Wildman–Crippen LogP) is 2.70. The molecule has 1 amide bonds. The summed E-state index contributed by atoms with van der Waals surface area (Å²) in [6, 6.07) is 7.26. The number of fused-ring (bicyclic) bond motifs is 1. The molecule has 0 spiro atoms. The van der Waals surface area contributed by atoms with Gasteiger partial charge >= 0.3 is 5.97 Å². The molecule has 2 aromatic rings. The number of hydrogen-bond donors (Lipinski definition) is 0. The van der Waals surface area contributed by atoms with Gasteiger partial charge in [-0.05, 0) is 45.7 Å². The molecule has 8 heteroatoms. The largest absolute Gasteiger partial charge is 0.466 e. The van der Waals surface area contributed by atoms with Crippen molar-refractivity contribution >= 4 is 34.5 Å². The highest BCUT2D eigenvalue weighted by Crippen LogP contribution is 2.26. The lowest BCUT2D eigenvalue weighted by molar-refractivity contribution is -0.151. The highest BCUT2D eigenvalue weighted by Gasteiger charge is 2.31. The van der Waals surface area contributed by atoms with Crippen molar-refractivity contribution in [3.63, 3.8) is 0 Å². The number of hydrogen-bond acceptors (Lipinski definition) is 6. The Bertz CT molecular complexity index is 951. The quantitative estimate of drug-likeness (QED) is 0.408. The molecule has 1 atom stereocenters. The van der Waals surface area contributed by atoms with Crippen LogP contribution < -0.4 is 5.56 Å². The first kappa shape index (κ1) is 21.4. The molecular weight excluding hydrogens is 390 g/mol. The third-order valence-electron chi connectivity index (χ3n) is 5.20. The molecular formula is C21H27N3O4S. The van der Waals surface area contributed by atoms with E-state index in [9.17, 15) is 14.4 Å². The second-order valence-corrected chi connectivity index (χ2v) is 8.38. The summed E-state index contributed by atoms with van der Waals surface area (Å²) in [5.74, 6) is -0.300. The topological polar surface area (TPSA) is 81.5 Å². The van der Waals surface area contributed by atoms with Gasteiger partial charge in [0, 0.05) is 19.6 Å². The lowest BCUT2D eigenvalue weighted by Crippen LogP contribution is -2.43. The summed E-state index contributed by atoms with van der Waals surface area (Å²) >= 11 is 1.31. The molecule has 1 fully saturated rings. The zero-order chi connectivity index (χ0) is 21.0. The SMILES string of the molecule is CCOC(=O)C1CCN(C(=O)[C@@H](C)Sc2nc3ccccc3c(=O)n2CC)CC1. The van der Waals surface area contributed by atoms with Crippen molar-refractivity contribution in [1.29, 1.82) is 0 Å². The first-order valence-corrected chi connectivity index (χ1v) is 11.0. The van der Waals surface area contributed by atoms with Crippen LogP contribution in [-0.4, -0.2) is 51.3 Å². The predicted molar refractivity (Wildman–Crippen MR) is 113 cm³/mol. The van der Waals surface area contributed by atoms with Gasteiger partial charge in [0.2, 0.25) is 5.91 Å². The second kappa shape index (κ2) is 9.43. The van der Waals surface area contributed by atoms with Crippen LogP contribution in [0.3, 0.4) is 0 Å². The van der Waals surface area contributed by atoms with Crippen molar-refractivity contribution < 1.29 is 14.3 Å². The van der Waals surface area contributed by atoms with E-state index in [2.05, 4.69) is 4.98 Å². The van der Waals surface area contributed by atoms with Gasteiger partial charge in [-0.3, -0.25) is 19.0 Å². The number of esters is 1. The second-order valence-electron chi connectivity index (χ2n) is 7.07. The van der Waals surface area contributed by atoms with Gasteiger partial charge < -0.3 is 9.64 Å². The number of para-hydroxylation sites is 1. The van der Waals surface area contributed by atoms with Gasteiger partial charge in [-0.25, -0.2) is 4.98 Å². The maximum absolute atomic E-state index is 12.9. The van der Waals surface area contributed by atoms with E-state index in [4.69, 9.17) is 4.74 Å². The Labute approximate surface area is 174 Å². The van der Waals surface area contributed by atoms with E-state index in [0.717, 1.165) is 0 Å². The Morgan fingerprint density at radius 1 is 1.24 bits per heavy atom. The van der Waals surface area contributed by atoms with E-state index < -0.39 is 0 Å². The molecule has 1 aromatic carbocycles. The molecule has 0 unspecified atom stereocenters. The number of thioether (sulfide) groups is 1. The van der Waals surface area contributed by atoms with Crippen LogP contribution in [0.2, 0.25) is 0 Å². The van der Waals surface area contributed by atoms with Gasteiger partial charge in [0.05, 0.1) is 28.7 Å². The fourth-order valence-electron chi connectivity index (χ4n) is 3.58. The molecule has 1 aliphatic rings. The molecule has 2 heterocycles. The molecule has 29 heavy (non-hydrogen) atoms.